The van der Waals surface area contributed by atoms with Gasteiger partial charge in [-0.05, 0) is 49.4 Å². The SMILES string of the molecule is CCNCC(C)(CC)Oc1cc(C)ccc1C(C)(C)C. The first-order chi connectivity index (χ1) is 9.22. The van der Waals surface area contributed by atoms with E-state index in [2.05, 4.69) is 72.0 Å². The fraction of sp³-hybridized carbons (Fsp3) is 0.667. The molecule has 0 radical (unpaired) electrons. The van der Waals surface area contributed by atoms with Crippen LogP contribution in [0.4, 0.5) is 0 Å². The van der Waals surface area contributed by atoms with Crippen molar-refractivity contribution in [3.05, 3.63) is 29.3 Å². The average Bonchev–Trinajstić information content (AvgIpc) is 2.35. The van der Waals surface area contributed by atoms with Crippen LogP contribution in [0, 0.1) is 6.92 Å². The van der Waals surface area contributed by atoms with Gasteiger partial charge in [0, 0.05) is 6.54 Å². The van der Waals surface area contributed by atoms with Gasteiger partial charge < -0.3 is 10.1 Å². The Morgan fingerprint density at radius 3 is 2.25 bits per heavy atom. The summed E-state index contributed by atoms with van der Waals surface area (Å²) in [5.41, 5.74) is 2.45. The second-order valence-corrected chi connectivity index (χ2v) is 6.94. The highest BCUT2D eigenvalue weighted by Crippen LogP contribution is 2.34. The van der Waals surface area contributed by atoms with Crippen LogP contribution in [0.3, 0.4) is 0 Å². The molecule has 114 valence electrons. The molecule has 0 aliphatic heterocycles. The molecule has 1 rings (SSSR count). The van der Waals surface area contributed by atoms with Crippen LogP contribution in [0.5, 0.6) is 5.75 Å². The number of rotatable bonds is 6. The van der Waals surface area contributed by atoms with Crippen molar-refractivity contribution in [2.45, 2.75) is 65.9 Å². The van der Waals surface area contributed by atoms with Crippen molar-refractivity contribution in [3.8, 4) is 5.75 Å². The van der Waals surface area contributed by atoms with E-state index >= 15 is 0 Å². The molecule has 0 heterocycles. The molecule has 2 heteroatoms. The van der Waals surface area contributed by atoms with Gasteiger partial charge in [-0.15, -0.1) is 0 Å². The number of ether oxygens (including phenoxy) is 1. The summed E-state index contributed by atoms with van der Waals surface area (Å²) in [4.78, 5) is 0. The number of aryl methyl sites for hydroxylation is 1. The first-order valence-electron chi connectivity index (χ1n) is 7.72. The Morgan fingerprint density at radius 1 is 1.10 bits per heavy atom. The third kappa shape index (κ3) is 4.52. The van der Waals surface area contributed by atoms with Crippen molar-refractivity contribution in [1.82, 2.24) is 5.32 Å². The van der Waals surface area contributed by atoms with Crippen molar-refractivity contribution in [2.75, 3.05) is 13.1 Å². The van der Waals surface area contributed by atoms with Crippen molar-refractivity contribution < 1.29 is 4.74 Å². The molecule has 1 unspecified atom stereocenters. The zero-order chi connectivity index (χ0) is 15.4. The van der Waals surface area contributed by atoms with Gasteiger partial charge in [-0.2, -0.15) is 0 Å². The lowest BCUT2D eigenvalue weighted by molar-refractivity contribution is 0.0818. The van der Waals surface area contributed by atoms with E-state index in [1.807, 2.05) is 0 Å². The molecule has 1 atom stereocenters. The molecule has 0 aliphatic rings. The van der Waals surface area contributed by atoms with E-state index in [-0.39, 0.29) is 11.0 Å². The Morgan fingerprint density at radius 2 is 1.75 bits per heavy atom. The van der Waals surface area contributed by atoms with Gasteiger partial charge in [0.1, 0.15) is 11.4 Å². The zero-order valence-corrected chi connectivity index (χ0v) is 14.3. The number of nitrogens with one attached hydrogen (secondary N) is 1. The summed E-state index contributed by atoms with van der Waals surface area (Å²) in [6.45, 7) is 17.2. The molecular formula is C18H31NO. The Kier molecular flexibility index (Phi) is 5.64. The lowest BCUT2D eigenvalue weighted by atomic mass is 9.85. The standard InChI is InChI=1S/C18H31NO/c1-8-18(7,13-19-9-2)20-16-12-14(3)10-11-15(16)17(4,5)6/h10-12,19H,8-9,13H2,1-7H3. The molecule has 20 heavy (non-hydrogen) atoms. The average molecular weight is 277 g/mol. The van der Waals surface area contributed by atoms with E-state index in [0.29, 0.717) is 0 Å². The van der Waals surface area contributed by atoms with E-state index in [4.69, 9.17) is 4.74 Å². The van der Waals surface area contributed by atoms with E-state index in [9.17, 15) is 0 Å². The van der Waals surface area contributed by atoms with E-state index in [1.54, 1.807) is 0 Å². The minimum absolute atomic E-state index is 0.0931. The Bertz CT molecular complexity index is 434. The highest BCUT2D eigenvalue weighted by molar-refractivity contribution is 5.41. The van der Waals surface area contributed by atoms with Gasteiger partial charge >= 0.3 is 0 Å². The Labute approximate surface area is 124 Å². The van der Waals surface area contributed by atoms with Crippen LogP contribution in [-0.4, -0.2) is 18.7 Å². The van der Waals surface area contributed by atoms with Gasteiger partial charge in [-0.3, -0.25) is 0 Å². The van der Waals surface area contributed by atoms with Crippen LogP contribution < -0.4 is 10.1 Å². The second-order valence-electron chi connectivity index (χ2n) is 6.94. The molecule has 2 nitrogen and oxygen atoms in total. The molecule has 0 bridgehead atoms. The number of hydrogen-bond donors (Lipinski definition) is 1. The number of hydrogen-bond acceptors (Lipinski definition) is 2. The van der Waals surface area contributed by atoms with Gasteiger partial charge in [0.25, 0.3) is 0 Å². The molecule has 0 saturated carbocycles. The van der Waals surface area contributed by atoms with Crippen LogP contribution >= 0.6 is 0 Å². The van der Waals surface area contributed by atoms with Gasteiger partial charge in [-0.25, -0.2) is 0 Å². The molecular weight excluding hydrogens is 246 g/mol. The molecule has 1 aromatic carbocycles. The van der Waals surface area contributed by atoms with Crippen LogP contribution in [0.25, 0.3) is 0 Å². The van der Waals surface area contributed by atoms with Crippen molar-refractivity contribution in [1.29, 1.82) is 0 Å². The normalized spacial score (nSPS) is 14.9. The fourth-order valence-corrected chi connectivity index (χ4v) is 2.22. The lowest BCUT2D eigenvalue weighted by Crippen LogP contribution is -2.43. The van der Waals surface area contributed by atoms with E-state index in [0.717, 1.165) is 25.3 Å². The molecule has 1 aromatic rings. The summed E-state index contributed by atoms with van der Waals surface area (Å²) >= 11 is 0. The Balaban J connectivity index is 3.08. The summed E-state index contributed by atoms with van der Waals surface area (Å²) in [6.07, 6.45) is 0.984. The van der Waals surface area contributed by atoms with Crippen LogP contribution in [0.2, 0.25) is 0 Å². The molecule has 0 spiro atoms. The third-order valence-corrected chi connectivity index (χ3v) is 3.80. The number of likely N-dealkylation sites (N-methyl/N-ethyl adjacent to an activating group) is 1. The van der Waals surface area contributed by atoms with Gasteiger partial charge in [-0.1, -0.05) is 46.8 Å². The molecule has 0 fully saturated rings. The maximum atomic E-state index is 6.43. The minimum Gasteiger partial charge on any atom is -0.486 e. The quantitative estimate of drug-likeness (QED) is 0.829. The summed E-state index contributed by atoms with van der Waals surface area (Å²) in [7, 11) is 0. The summed E-state index contributed by atoms with van der Waals surface area (Å²) in [5, 5.41) is 3.41. The maximum absolute atomic E-state index is 6.43. The Hall–Kier alpha value is -1.02. The number of benzene rings is 1. The predicted octanol–water partition coefficient (Wildman–Crippen LogP) is 4.45. The molecule has 0 saturated heterocycles. The van der Waals surface area contributed by atoms with Gasteiger partial charge in [0.15, 0.2) is 0 Å². The fourth-order valence-electron chi connectivity index (χ4n) is 2.22. The van der Waals surface area contributed by atoms with Crippen LogP contribution in [0.15, 0.2) is 18.2 Å². The summed E-state index contributed by atoms with van der Waals surface area (Å²) < 4.78 is 6.43. The molecule has 1 N–H and O–H groups in total. The van der Waals surface area contributed by atoms with Crippen molar-refractivity contribution in [3.63, 3.8) is 0 Å². The molecule has 0 aromatic heterocycles. The highest BCUT2D eigenvalue weighted by atomic mass is 16.5. The van der Waals surface area contributed by atoms with E-state index in [1.165, 1.54) is 11.1 Å². The zero-order valence-electron chi connectivity index (χ0n) is 14.3. The highest BCUT2D eigenvalue weighted by Gasteiger charge is 2.27. The molecule has 0 amide bonds. The second kappa shape index (κ2) is 6.62. The first-order valence-corrected chi connectivity index (χ1v) is 7.72. The smallest absolute Gasteiger partial charge is 0.124 e. The largest absolute Gasteiger partial charge is 0.486 e. The minimum atomic E-state index is -0.163. The topological polar surface area (TPSA) is 21.3 Å². The van der Waals surface area contributed by atoms with Crippen LogP contribution in [-0.2, 0) is 5.41 Å². The predicted molar refractivity (Wildman–Crippen MR) is 87.7 cm³/mol. The summed E-state index contributed by atoms with van der Waals surface area (Å²) in [5.74, 6) is 1.03. The monoisotopic (exact) mass is 277 g/mol. The third-order valence-electron chi connectivity index (χ3n) is 3.80. The van der Waals surface area contributed by atoms with E-state index < -0.39 is 0 Å². The van der Waals surface area contributed by atoms with Gasteiger partial charge in [0.2, 0.25) is 0 Å². The maximum Gasteiger partial charge on any atom is 0.124 e. The molecule has 0 aliphatic carbocycles. The summed E-state index contributed by atoms with van der Waals surface area (Å²) in [6, 6.07) is 6.54. The van der Waals surface area contributed by atoms with Crippen molar-refractivity contribution in [2.24, 2.45) is 0 Å². The first kappa shape index (κ1) is 17.0. The van der Waals surface area contributed by atoms with Crippen LogP contribution in [0.1, 0.15) is 59.1 Å². The van der Waals surface area contributed by atoms with Gasteiger partial charge in [0.05, 0.1) is 0 Å². The lowest BCUT2D eigenvalue weighted by Gasteiger charge is -2.33. The van der Waals surface area contributed by atoms with Crippen molar-refractivity contribution >= 4 is 0 Å².